The molecule has 2 heteroatoms. The van der Waals surface area contributed by atoms with Crippen molar-refractivity contribution in [1.82, 2.24) is 9.13 Å². The molecule has 0 fully saturated rings. The first-order chi connectivity index (χ1) is 30.8. The van der Waals surface area contributed by atoms with Crippen LogP contribution in [0.1, 0.15) is 0 Å². The highest BCUT2D eigenvalue weighted by Gasteiger charge is 2.21. The first kappa shape index (κ1) is 34.6. The fraction of sp³-hybridized carbons (Fsp3) is 0. The van der Waals surface area contributed by atoms with Crippen molar-refractivity contribution in [2.75, 3.05) is 0 Å². The third-order valence-corrected chi connectivity index (χ3v) is 13.1. The Kier molecular flexibility index (Phi) is 7.64. The molecule has 0 saturated carbocycles. The van der Waals surface area contributed by atoms with Crippen LogP contribution in [0.15, 0.2) is 231 Å². The fourth-order valence-corrected chi connectivity index (χ4v) is 10.4. The summed E-state index contributed by atoms with van der Waals surface area (Å²) < 4.78 is 4.88. The second kappa shape index (κ2) is 13.7. The number of hydrogen-bond acceptors (Lipinski definition) is 0. The lowest BCUT2D eigenvalue weighted by Gasteiger charge is -2.21. The highest BCUT2D eigenvalue weighted by atomic mass is 15.0. The van der Waals surface area contributed by atoms with E-state index in [1.54, 1.807) is 0 Å². The fourth-order valence-electron chi connectivity index (χ4n) is 10.4. The molecule has 2 heterocycles. The van der Waals surface area contributed by atoms with Crippen LogP contribution in [-0.2, 0) is 0 Å². The van der Waals surface area contributed by atoms with E-state index in [2.05, 4.69) is 240 Å². The van der Waals surface area contributed by atoms with E-state index in [0.29, 0.717) is 0 Å². The quantitative estimate of drug-likeness (QED) is 0.154. The van der Waals surface area contributed by atoms with Crippen LogP contribution in [0.4, 0.5) is 0 Å². The number of fused-ring (bicyclic) bond motifs is 9. The molecule has 0 saturated heterocycles. The van der Waals surface area contributed by atoms with E-state index >= 15 is 0 Å². The highest BCUT2D eigenvalue weighted by Crippen LogP contribution is 2.47. The number of aromatic nitrogens is 2. The Balaban J connectivity index is 1.13. The van der Waals surface area contributed by atoms with Gasteiger partial charge in [-0.2, -0.15) is 0 Å². The maximum absolute atomic E-state index is 2.44. The summed E-state index contributed by atoms with van der Waals surface area (Å²) in [6.45, 7) is 0. The first-order valence-corrected chi connectivity index (χ1v) is 21.4. The molecule has 13 rings (SSSR count). The predicted octanol–water partition coefficient (Wildman–Crippen LogP) is 16.3. The summed E-state index contributed by atoms with van der Waals surface area (Å²) in [5.41, 5.74) is 14.4. The Morgan fingerprint density at radius 2 is 0.613 bits per heavy atom. The minimum absolute atomic E-state index is 1.14. The van der Waals surface area contributed by atoms with E-state index in [1.165, 1.54) is 109 Å². The second-order valence-electron chi connectivity index (χ2n) is 16.4. The molecule has 0 amide bonds. The summed E-state index contributed by atoms with van der Waals surface area (Å²) in [5, 5.41) is 12.4. The summed E-state index contributed by atoms with van der Waals surface area (Å²) in [6.07, 6.45) is 0. The van der Waals surface area contributed by atoms with Crippen LogP contribution < -0.4 is 0 Å². The Morgan fingerprint density at radius 3 is 1.11 bits per heavy atom. The summed E-state index contributed by atoms with van der Waals surface area (Å²) >= 11 is 0. The van der Waals surface area contributed by atoms with E-state index in [-0.39, 0.29) is 0 Å². The van der Waals surface area contributed by atoms with Gasteiger partial charge in [-0.1, -0.05) is 182 Å². The topological polar surface area (TPSA) is 9.86 Å². The molecule has 13 aromatic rings. The Hall–Kier alpha value is -8.20. The lowest BCUT2D eigenvalue weighted by Crippen LogP contribution is -1.98. The van der Waals surface area contributed by atoms with E-state index in [0.717, 1.165) is 11.4 Å². The minimum Gasteiger partial charge on any atom is -0.309 e. The average molecular weight is 787 g/mol. The van der Waals surface area contributed by atoms with Crippen molar-refractivity contribution in [2.24, 2.45) is 0 Å². The van der Waals surface area contributed by atoms with Gasteiger partial charge in [0.25, 0.3) is 0 Å². The van der Waals surface area contributed by atoms with E-state index in [9.17, 15) is 0 Å². The number of hydrogen-bond donors (Lipinski definition) is 0. The van der Waals surface area contributed by atoms with Gasteiger partial charge in [-0.05, 0) is 114 Å². The van der Waals surface area contributed by atoms with Gasteiger partial charge in [-0.3, -0.25) is 0 Å². The Bertz CT molecular complexity index is 3790. The second-order valence-corrected chi connectivity index (χ2v) is 16.4. The lowest BCUT2D eigenvalue weighted by atomic mass is 9.85. The first-order valence-electron chi connectivity index (χ1n) is 21.4. The van der Waals surface area contributed by atoms with Gasteiger partial charge in [-0.25, -0.2) is 0 Å². The predicted molar refractivity (Wildman–Crippen MR) is 264 cm³/mol. The molecule has 0 bridgehead atoms. The molecule has 62 heavy (non-hydrogen) atoms. The molecule has 0 unspecified atom stereocenters. The van der Waals surface area contributed by atoms with Crippen LogP contribution in [0.5, 0.6) is 0 Å². The van der Waals surface area contributed by atoms with Gasteiger partial charge in [0, 0.05) is 32.9 Å². The number of nitrogens with zero attached hydrogens (tertiary/aromatic N) is 2. The van der Waals surface area contributed by atoms with Crippen molar-refractivity contribution in [3.8, 4) is 44.8 Å². The standard InChI is InChI=1S/C60H38N2/c1-2-16-41(17-3-1)59-51-35-33-44(62-57-27-12-8-22-49(57)50-23-9-13-28-58(50)62)38-54(51)60(42-31-29-40(30-32-42)46-24-14-18-39-15-4-5-19-45(39)46)52-36-34-43(37-53(52)59)61-55-25-10-6-20-47(55)48-21-7-11-26-56(48)61/h1-38H. The van der Waals surface area contributed by atoms with Crippen LogP contribution in [0.3, 0.4) is 0 Å². The average Bonchev–Trinajstić information content (AvgIpc) is 3.86. The third kappa shape index (κ3) is 5.17. The number of rotatable bonds is 5. The highest BCUT2D eigenvalue weighted by molar-refractivity contribution is 6.23. The zero-order chi connectivity index (χ0) is 40.7. The Morgan fingerprint density at radius 1 is 0.226 bits per heavy atom. The number of para-hydroxylation sites is 4. The van der Waals surface area contributed by atoms with Crippen molar-refractivity contribution in [3.05, 3.63) is 231 Å². The van der Waals surface area contributed by atoms with Crippen LogP contribution in [0.2, 0.25) is 0 Å². The van der Waals surface area contributed by atoms with Gasteiger partial charge in [0.15, 0.2) is 0 Å². The molecule has 0 aliphatic carbocycles. The molecule has 288 valence electrons. The SMILES string of the molecule is c1ccc(-c2c3ccc(-n4c5ccccc5c5ccccc54)cc3c(-c3ccc(-c4cccc5ccccc45)cc3)c3ccc(-n4c5ccccc5c5ccccc54)cc23)cc1. The summed E-state index contributed by atoms with van der Waals surface area (Å²) in [6, 6.07) is 84.9. The molecular weight excluding hydrogens is 749 g/mol. The minimum atomic E-state index is 1.14. The van der Waals surface area contributed by atoms with Crippen molar-refractivity contribution < 1.29 is 0 Å². The molecule has 2 nitrogen and oxygen atoms in total. The molecule has 11 aromatic carbocycles. The summed E-state index contributed by atoms with van der Waals surface area (Å²) in [4.78, 5) is 0. The number of benzene rings is 11. The van der Waals surface area contributed by atoms with Crippen molar-refractivity contribution >= 4 is 75.9 Å². The molecule has 0 aliphatic rings. The van der Waals surface area contributed by atoms with Gasteiger partial charge in [0.1, 0.15) is 0 Å². The van der Waals surface area contributed by atoms with Crippen LogP contribution in [0.25, 0.3) is 121 Å². The molecule has 2 aromatic heterocycles. The van der Waals surface area contributed by atoms with E-state index in [1.807, 2.05) is 0 Å². The molecule has 0 atom stereocenters. The van der Waals surface area contributed by atoms with Crippen molar-refractivity contribution in [2.45, 2.75) is 0 Å². The molecule has 0 N–H and O–H groups in total. The third-order valence-electron chi connectivity index (χ3n) is 13.1. The summed E-state index contributed by atoms with van der Waals surface area (Å²) in [5.74, 6) is 0. The van der Waals surface area contributed by atoms with Crippen molar-refractivity contribution in [1.29, 1.82) is 0 Å². The normalized spacial score (nSPS) is 11.9. The van der Waals surface area contributed by atoms with Gasteiger partial charge in [0.2, 0.25) is 0 Å². The van der Waals surface area contributed by atoms with Gasteiger partial charge < -0.3 is 9.13 Å². The van der Waals surface area contributed by atoms with Crippen LogP contribution in [-0.4, -0.2) is 9.13 Å². The molecule has 0 aliphatic heterocycles. The van der Waals surface area contributed by atoms with Gasteiger partial charge in [0.05, 0.1) is 22.1 Å². The zero-order valence-electron chi connectivity index (χ0n) is 33.8. The smallest absolute Gasteiger partial charge is 0.0541 e. The maximum atomic E-state index is 2.44. The Labute approximate surface area is 358 Å². The monoisotopic (exact) mass is 786 g/mol. The largest absolute Gasteiger partial charge is 0.309 e. The van der Waals surface area contributed by atoms with Crippen LogP contribution >= 0.6 is 0 Å². The zero-order valence-corrected chi connectivity index (χ0v) is 33.8. The molecular formula is C60H38N2. The van der Waals surface area contributed by atoms with E-state index < -0.39 is 0 Å². The molecule has 0 spiro atoms. The van der Waals surface area contributed by atoms with Crippen LogP contribution in [0, 0.1) is 0 Å². The molecule has 0 radical (unpaired) electrons. The van der Waals surface area contributed by atoms with Gasteiger partial charge in [-0.15, -0.1) is 0 Å². The maximum Gasteiger partial charge on any atom is 0.0541 e. The van der Waals surface area contributed by atoms with E-state index in [4.69, 9.17) is 0 Å². The lowest BCUT2D eigenvalue weighted by molar-refractivity contribution is 1.18. The van der Waals surface area contributed by atoms with Gasteiger partial charge >= 0.3 is 0 Å². The summed E-state index contributed by atoms with van der Waals surface area (Å²) in [7, 11) is 0. The van der Waals surface area contributed by atoms with Crippen molar-refractivity contribution in [3.63, 3.8) is 0 Å².